The van der Waals surface area contributed by atoms with Crippen molar-refractivity contribution in [1.29, 1.82) is 0 Å². The largest absolute Gasteiger partial charge is 0.480 e. The van der Waals surface area contributed by atoms with E-state index in [1.54, 1.807) is 6.07 Å². The fourth-order valence-corrected chi connectivity index (χ4v) is 1.99. The number of sulfonamides is 1. The Morgan fingerprint density at radius 2 is 2.20 bits per heavy atom. The van der Waals surface area contributed by atoms with Crippen molar-refractivity contribution in [3.63, 3.8) is 0 Å². The molecule has 1 atom stereocenters. The van der Waals surface area contributed by atoms with Crippen molar-refractivity contribution in [1.82, 2.24) is 9.71 Å². The summed E-state index contributed by atoms with van der Waals surface area (Å²) in [6.07, 6.45) is 1.32. The number of rotatable bonds is 4. The fourth-order valence-electron chi connectivity index (χ4n) is 0.850. The third-order valence-electron chi connectivity index (χ3n) is 1.62. The maximum atomic E-state index is 11.5. The number of nitrogens with one attached hydrogen (secondary N) is 1. The van der Waals surface area contributed by atoms with Crippen LogP contribution >= 0.6 is 0 Å². The van der Waals surface area contributed by atoms with E-state index in [9.17, 15) is 13.2 Å². The van der Waals surface area contributed by atoms with Gasteiger partial charge < -0.3 is 5.11 Å². The Labute approximate surface area is 87.0 Å². The molecule has 82 valence electrons. The van der Waals surface area contributed by atoms with E-state index in [1.807, 2.05) is 4.72 Å². The van der Waals surface area contributed by atoms with E-state index in [4.69, 9.17) is 5.11 Å². The Kier molecular flexibility index (Phi) is 3.38. The summed E-state index contributed by atoms with van der Waals surface area (Å²) in [6.45, 7) is 1.24. The fraction of sp³-hybridized carbons (Fsp3) is 0.250. The molecule has 2 N–H and O–H groups in total. The normalized spacial score (nSPS) is 13.4. The van der Waals surface area contributed by atoms with Gasteiger partial charge in [0.2, 0.25) is 0 Å². The summed E-state index contributed by atoms with van der Waals surface area (Å²) in [5, 5.41) is 8.35. The molecule has 7 heteroatoms. The number of carboxylic acids is 1. The van der Waals surface area contributed by atoms with Gasteiger partial charge in [0.1, 0.15) is 6.04 Å². The van der Waals surface area contributed by atoms with Gasteiger partial charge in [0, 0.05) is 6.20 Å². The molecule has 0 aliphatic heterocycles. The molecule has 0 aliphatic rings. The predicted molar refractivity (Wildman–Crippen MR) is 51.7 cm³/mol. The predicted octanol–water partition coefficient (Wildman–Crippen LogP) is -0.167. The molecule has 0 saturated carbocycles. The van der Waals surface area contributed by atoms with Crippen LogP contribution in [0.4, 0.5) is 0 Å². The van der Waals surface area contributed by atoms with Crippen LogP contribution in [0.3, 0.4) is 0 Å². The van der Waals surface area contributed by atoms with Gasteiger partial charge in [-0.05, 0) is 19.1 Å². The lowest BCUT2D eigenvalue weighted by Crippen LogP contribution is -2.38. The van der Waals surface area contributed by atoms with Crippen LogP contribution < -0.4 is 4.72 Å². The second-order valence-corrected chi connectivity index (χ2v) is 4.51. The lowest BCUT2D eigenvalue weighted by molar-refractivity contribution is -0.138. The van der Waals surface area contributed by atoms with Crippen LogP contribution in [0.5, 0.6) is 0 Å². The van der Waals surface area contributed by atoms with Crippen LogP contribution in [0.15, 0.2) is 29.4 Å². The SMILES string of the molecule is C[C@H](NS(=O)(=O)c1ccccn1)C(=O)O. The van der Waals surface area contributed by atoms with E-state index in [2.05, 4.69) is 4.98 Å². The van der Waals surface area contributed by atoms with Crippen molar-refractivity contribution in [3.05, 3.63) is 24.4 Å². The van der Waals surface area contributed by atoms with Crippen molar-refractivity contribution in [2.45, 2.75) is 18.0 Å². The molecule has 0 amide bonds. The number of aromatic nitrogens is 1. The first kappa shape index (κ1) is 11.6. The van der Waals surface area contributed by atoms with Crippen LogP contribution in [-0.4, -0.2) is 30.5 Å². The highest BCUT2D eigenvalue weighted by Gasteiger charge is 2.21. The van der Waals surface area contributed by atoms with Gasteiger partial charge >= 0.3 is 5.97 Å². The van der Waals surface area contributed by atoms with E-state index in [0.717, 1.165) is 0 Å². The average Bonchev–Trinajstić information content (AvgIpc) is 2.18. The first-order chi connectivity index (χ1) is 6.93. The minimum absolute atomic E-state index is 0.196. The molecule has 15 heavy (non-hydrogen) atoms. The number of carbonyl (C=O) groups is 1. The van der Waals surface area contributed by atoms with Crippen molar-refractivity contribution in [3.8, 4) is 0 Å². The van der Waals surface area contributed by atoms with Crippen molar-refractivity contribution >= 4 is 16.0 Å². The molecule has 0 bridgehead atoms. The summed E-state index contributed by atoms with van der Waals surface area (Å²) in [5.41, 5.74) is 0. The topological polar surface area (TPSA) is 96.4 Å². The first-order valence-electron chi connectivity index (χ1n) is 4.09. The monoisotopic (exact) mass is 230 g/mol. The third-order valence-corrected chi connectivity index (χ3v) is 3.07. The van der Waals surface area contributed by atoms with Crippen LogP contribution in [0.25, 0.3) is 0 Å². The van der Waals surface area contributed by atoms with Crippen LogP contribution in [0.2, 0.25) is 0 Å². The molecule has 0 fully saturated rings. The summed E-state index contributed by atoms with van der Waals surface area (Å²) in [7, 11) is -3.85. The highest BCUT2D eigenvalue weighted by molar-refractivity contribution is 7.89. The Bertz CT molecular complexity index is 443. The van der Waals surface area contributed by atoms with Gasteiger partial charge in [0.05, 0.1) is 0 Å². The van der Waals surface area contributed by atoms with Gasteiger partial charge in [-0.25, -0.2) is 13.4 Å². The summed E-state index contributed by atoms with van der Waals surface area (Å²) in [5.74, 6) is -1.24. The average molecular weight is 230 g/mol. The zero-order valence-corrected chi connectivity index (χ0v) is 8.73. The number of pyridine rings is 1. The maximum absolute atomic E-state index is 11.5. The first-order valence-corrected chi connectivity index (χ1v) is 5.58. The maximum Gasteiger partial charge on any atom is 0.321 e. The summed E-state index contributed by atoms with van der Waals surface area (Å²) < 4.78 is 25.0. The van der Waals surface area contributed by atoms with Crippen LogP contribution in [-0.2, 0) is 14.8 Å². The summed E-state index contributed by atoms with van der Waals surface area (Å²) >= 11 is 0. The van der Waals surface area contributed by atoms with E-state index in [0.29, 0.717) is 0 Å². The standard InChI is InChI=1S/C8H10N2O4S/c1-6(8(11)12)10-15(13,14)7-4-2-3-5-9-7/h2-6,10H,1H3,(H,11,12)/t6-/m0/s1. The number of hydrogen-bond acceptors (Lipinski definition) is 4. The second kappa shape index (κ2) is 4.37. The smallest absolute Gasteiger partial charge is 0.321 e. The number of carboxylic acid groups (broad SMARTS) is 1. The zero-order chi connectivity index (χ0) is 11.5. The van der Waals surface area contributed by atoms with Gasteiger partial charge in [0.15, 0.2) is 5.03 Å². The Hall–Kier alpha value is -1.47. The molecule has 1 aromatic heterocycles. The van der Waals surface area contributed by atoms with Gasteiger partial charge in [-0.2, -0.15) is 4.72 Å². The van der Waals surface area contributed by atoms with E-state index in [-0.39, 0.29) is 5.03 Å². The van der Waals surface area contributed by atoms with Gasteiger partial charge in [-0.1, -0.05) is 6.07 Å². The highest BCUT2D eigenvalue weighted by atomic mass is 32.2. The lowest BCUT2D eigenvalue weighted by Gasteiger charge is -2.08. The van der Waals surface area contributed by atoms with E-state index < -0.39 is 22.0 Å². The Morgan fingerprint density at radius 3 is 2.67 bits per heavy atom. The molecule has 1 heterocycles. The van der Waals surface area contributed by atoms with Crippen LogP contribution in [0.1, 0.15) is 6.92 Å². The zero-order valence-electron chi connectivity index (χ0n) is 7.91. The molecule has 0 unspecified atom stereocenters. The van der Waals surface area contributed by atoms with Gasteiger partial charge in [-0.15, -0.1) is 0 Å². The molecule has 1 aromatic rings. The number of aliphatic carboxylic acids is 1. The van der Waals surface area contributed by atoms with E-state index >= 15 is 0 Å². The number of nitrogens with zero attached hydrogens (tertiary/aromatic N) is 1. The minimum atomic E-state index is -3.85. The quantitative estimate of drug-likeness (QED) is 0.748. The van der Waals surface area contributed by atoms with Crippen molar-refractivity contribution in [2.75, 3.05) is 0 Å². The molecule has 6 nitrogen and oxygen atoms in total. The van der Waals surface area contributed by atoms with Gasteiger partial charge in [0.25, 0.3) is 10.0 Å². The molecular formula is C8H10N2O4S. The highest BCUT2D eigenvalue weighted by Crippen LogP contribution is 2.03. The van der Waals surface area contributed by atoms with Crippen LogP contribution in [0, 0.1) is 0 Å². The molecule has 0 aromatic carbocycles. The molecule has 0 aliphatic carbocycles. The summed E-state index contributed by atoms with van der Waals surface area (Å²) in [6, 6.07) is 3.18. The van der Waals surface area contributed by atoms with Crippen molar-refractivity contribution in [2.24, 2.45) is 0 Å². The molecule has 0 saturated heterocycles. The molecule has 0 spiro atoms. The Balaban J connectivity index is 2.91. The molecular weight excluding hydrogens is 220 g/mol. The summed E-state index contributed by atoms with van der Waals surface area (Å²) in [4.78, 5) is 14.1. The number of hydrogen-bond donors (Lipinski definition) is 2. The third kappa shape index (κ3) is 3.00. The van der Waals surface area contributed by atoms with Gasteiger partial charge in [-0.3, -0.25) is 4.79 Å². The Morgan fingerprint density at radius 1 is 1.53 bits per heavy atom. The minimum Gasteiger partial charge on any atom is -0.480 e. The lowest BCUT2D eigenvalue weighted by atomic mass is 10.4. The van der Waals surface area contributed by atoms with Crippen molar-refractivity contribution < 1.29 is 18.3 Å². The van der Waals surface area contributed by atoms with E-state index in [1.165, 1.54) is 25.3 Å². The second-order valence-electron chi connectivity index (χ2n) is 2.85. The molecule has 0 radical (unpaired) electrons. The molecule has 1 rings (SSSR count).